The lowest BCUT2D eigenvalue weighted by molar-refractivity contribution is -0.139. The van der Waals surface area contributed by atoms with Crippen molar-refractivity contribution in [2.75, 3.05) is 27.2 Å². The molecule has 1 amide bonds. The van der Waals surface area contributed by atoms with Crippen LogP contribution < -0.4 is 0 Å². The minimum absolute atomic E-state index is 0.0405. The first-order chi connectivity index (χ1) is 14.7. The first-order valence-electron chi connectivity index (χ1n) is 10.5. The van der Waals surface area contributed by atoms with Gasteiger partial charge in [0.2, 0.25) is 0 Å². The molecule has 0 bridgehead atoms. The summed E-state index contributed by atoms with van der Waals surface area (Å²) in [6, 6.07) is 12.3. The third kappa shape index (κ3) is 4.85. The van der Waals surface area contributed by atoms with Crippen LogP contribution >= 0.6 is 0 Å². The summed E-state index contributed by atoms with van der Waals surface area (Å²) in [5.41, 5.74) is 2.25. The number of halogens is 1. The first kappa shape index (κ1) is 22.7. The summed E-state index contributed by atoms with van der Waals surface area (Å²) in [7, 11) is 3.90. The van der Waals surface area contributed by atoms with E-state index in [9.17, 15) is 19.1 Å². The molecule has 0 aromatic heterocycles. The average Bonchev–Trinajstić information content (AvgIpc) is 2.98. The van der Waals surface area contributed by atoms with E-state index < -0.39 is 23.5 Å². The number of rotatable bonds is 7. The number of Topliss-reactive ketones (excluding diaryl/α,β-unsaturated/α-hetero) is 1. The molecule has 5 nitrogen and oxygen atoms in total. The summed E-state index contributed by atoms with van der Waals surface area (Å²) in [4.78, 5) is 29.4. The van der Waals surface area contributed by atoms with Crippen molar-refractivity contribution in [3.8, 4) is 0 Å². The van der Waals surface area contributed by atoms with Crippen molar-refractivity contribution < 1.29 is 19.1 Å². The standard InChI is InChI=1S/C25H29FN2O3/c1-16(2)17-6-8-18(9-7-17)22-21(23(29)19-10-12-20(26)13-11-19)24(30)25(31)28(22)15-5-14-27(3)4/h6-13,16,22,29H,5,14-15H2,1-4H3/b23-21-. The molecular formula is C25H29FN2O3. The van der Waals surface area contributed by atoms with Crippen molar-refractivity contribution in [3.63, 3.8) is 0 Å². The summed E-state index contributed by atoms with van der Waals surface area (Å²) < 4.78 is 13.3. The molecule has 1 aliphatic rings. The van der Waals surface area contributed by atoms with Crippen LogP contribution in [0.2, 0.25) is 0 Å². The van der Waals surface area contributed by atoms with E-state index in [4.69, 9.17) is 0 Å². The minimum atomic E-state index is -0.718. The Bertz CT molecular complexity index is 979. The van der Waals surface area contributed by atoms with Crippen LogP contribution in [0.3, 0.4) is 0 Å². The van der Waals surface area contributed by atoms with Crippen molar-refractivity contribution in [3.05, 3.63) is 76.6 Å². The molecule has 1 unspecified atom stereocenters. The molecule has 0 radical (unpaired) electrons. The van der Waals surface area contributed by atoms with Crippen LogP contribution in [0.15, 0.2) is 54.1 Å². The zero-order valence-corrected chi connectivity index (χ0v) is 18.4. The van der Waals surface area contributed by atoms with Gasteiger partial charge in [0.25, 0.3) is 11.7 Å². The Morgan fingerprint density at radius 3 is 2.23 bits per heavy atom. The van der Waals surface area contributed by atoms with Crippen LogP contribution in [-0.2, 0) is 9.59 Å². The third-order valence-electron chi connectivity index (χ3n) is 5.58. The summed E-state index contributed by atoms with van der Waals surface area (Å²) >= 11 is 0. The van der Waals surface area contributed by atoms with E-state index >= 15 is 0 Å². The second kappa shape index (κ2) is 9.43. The smallest absolute Gasteiger partial charge is 0.295 e. The fraction of sp³-hybridized carbons (Fsp3) is 0.360. The van der Waals surface area contributed by atoms with Gasteiger partial charge in [-0.05, 0) is 68.4 Å². The molecule has 0 spiro atoms. The van der Waals surface area contributed by atoms with E-state index in [2.05, 4.69) is 13.8 Å². The topological polar surface area (TPSA) is 60.9 Å². The van der Waals surface area contributed by atoms with Crippen molar-refractivity contribution in [1.29, 1.82) is 0 Å². The number of benzene rings is 2. The van der Waals surface area contributed by atoms with Crippen molar-refractivity contribution >= 4 is 17.4 Å². The number of aliphatic hydroxyl groups is 1. The Morgan fingerprint density at radius 2 is 1.68 bits per heavy atom. The van der Waals surface area contributed by atoms with E-state index in [1.165, 1.54) is 29.2 Å². The monoisotopic (exact) mass is 424 g/mol. The Balaban J connectivity index is 2.08. The minimum Gasteiger partial charge on any atom is -0.507 e. The summed E-state index contributed by atoms with van der Waals surface area (Å²) in [5, 5.41) is 11.0. The van der Waals surface area contributed by atoms with Gasteiger partial charge < -0.3 is 14.9 Å². The maximum atomic E-state index is 13.3. The van der Waals surface area contributed by atoms with Crippen LogP contribution in [0, 0.1) is 5.82 Å². The fourth-order valence-corrected chi connectivity index (χ4v) is 3.84. The van der Waals surface area contributed by atoms with Gasteiger partial charge in [0.05, 0.1) is 11.6 Å². The van der Waals surface area contributed by atoms with E-state index in [1.807, 2.05) is 43.3 Å². The zero-order valence-electron chi connectivity index (χ0n) is 18.4. The Labute approximate surface area is 182 Å². The first-order valence-corrected chi connectivity index (χ1v) is 10.5. The lowest BCUT2D eigenvalue weighted by atomic mass is 9.93. The maximum Gasteiger partial charge on any atom is 0.295 e. The fourth-order valence-electron chi connectivity index (χ4n) is 3.84. The molecular weight excluding hydrogens is 395 g/mol. The highest BCUT2D eigenvalue weighted by Gasteiger charge is 2.45. The molecule has 31 heavy (non-hydrogen) atoms. The van der Waals surface area contributed by atoms with Crippen LogP contribution in [0.1, 0.15) is 48.9 Å². The number of amides is 1. The van der Waals surface area contributed by atoms with E-state index in [1.54, 1.807) is 0 Å². The lowest BCUT2D eigenvalue weighted by Gasteiger charge is -2.26. The molecule has 1 saturated heterocycles. The van der Waals surface area contributed by atoms with Crippen LogP contribution in [0.5, 0.6) is 0 Å². The van der Waals surface area contributed by atoms with Crippen LogP contribution in [-0.4, -0.2) is 53.8 Å². The predicted octanol–water partition coefficient (Wildman–Crippen LogP) is 4.32. The Morgan fingerprint density at radius 1 is 1.06 bits per heavy atom. The largest absolute Gasteiger partial charge is 0.507 e. The number of carbonyl (C=O) groups excluding carboxylic acids is 2. The second-order valence-corrected chi connectivity index (χ2v) is 8.48. The molecule has 1 fully saturated rings. The summed E-state index contributed by atoms with van der Waals surface area (Å²) in [6.45, 7) is 5.34. The van der Waals surface area contributed by atoms with Gasteiger partial charge in [-0.1, -0.05) is 38.1 Å². The van der Waals surface area contributed by atoms with Gasteiger partial charge in [-0.25, -0.2) is 4.39 Å². The Kier molecular flexibility index (Phi) is 6.91. The molecule has 1 heterocycles. The molecule has 2 aromatic rings. The molecule has 6 heteroatoms. The molecule has 0 saturated carbocycles. The number of likely N-dealkylation sites (tertiary alicyclic amines) is 1. The predicted molar refractivity (Wildman–Crippen MR) is 119 cm³/mol. The SMILES string of the molecule is CC(C)c1ccc(C2/C(=C(/O)c3ccc(F)cc3)C(=O)C(=O)N2CCCN(C)C)cc1. The number of hydrogen-bond donors (Lipinski definition) is 1. The van der Waals surface area contributed by atoms with Gasteiger partial charge in [-0.2, -0.15) is 0 Å². The molecule has 2 aromatic carbocycles. The van der Waals surface area contributed by atoms with E-state index in [0.717, 1.165) is 17.7 Å². The zero-order chi connectivity index (χ0) is 22.7. The van der Waals surface area contributed by atoms with Crippen LogP contribution in [0.4, 0.5) is 4.39 Å². The quantitative estimate of drug-likeness (QED) is 0.408. The van der Waals surface area contributed by atoms with Gasteiger partial charge in [0.1, 0.15) is 11.6 Å². The highest BCUT2D eigenvalue weighted by molar-refractivity contribution is 6.46. The van der Waals surface area contributed by atoms with Gasteiger partial charge in [-0.3, -0.25) is 9.59 Å². The number of nitrogens with zero attached hydrogens (tertiary/aromatic N) is 2. The molecule has 1 atom stereocenters. The number of ketones is 1. The molecule has 1 N–H and O–H groups in total. The van der Waals surface area contributed by atoms with Gasteiger partial charge in [0.15, 0.2) is 0 Å². The van der Waals surface area contributed by atoms with Gasteiger partial charge in [-0.15, -0.1) is 0 Å². The molecule has 1 aliphatic heterocycles. The maximum absolute atomic E-state index is 13.3. The summed E-state index contributed by atoms with van der Waals surface area (Å²) in [5.74, 6) is -1.72. The Hall–Kier alpha value is -2.99. The number of hydrogen-bond acceptors (Lipinski definition) is 4. The molecule has 3 rings (SSSR count). The average molecular weight is 425 g/mol. The van der Waals surface area contributed by atoms with Crippen molar-refractivity contribution in [2.24, 2.45) is 0 Å². The van der Waals surface area contributed by atoms with Crippen LogP contribution in [0.25, 0.3) is 5.76 Å². The molecule has 0 aliphatic carbocycles. The lowest BCUT2D eigenvalue weighted by Crippen LogP contribution is -2.32. The van der Waals surface area contributed by atoms with Gasteiger partial charge >= 0.3 is 0 Å². The van der Waals surface area contributed by atoms with E-state index in [-0.39, 0.29) is 11.3 Å². The van der Waals surface area contributed by atoms with Gasteiger partial charge in [0, 0.05) is 12.1 Å². The second-order valence-electron chi connectivity index (χ2n) is 8.48. The summed E-state index contributed by atoms with van der Waals surface area (Å²) in [6.07, 6.45) is 0.692. The normalized spacial score (nSPS) is 18.4. The van der Waals surface area contributed by atoms with Crippen molar-refractivity contribution in [2.45, 2.75) is 32.2 Å². The van der Waals surface area contributed by atoms with Crippen molar-refractivity contribution in [1.82, 2.24) is 9.80 Å². The highest BCUT2D eigenvalue weighted by atomic mass is 19.1. The highest BCUT2D eigenvalue weighted by Crippen LogP contribution is 2.39. The third-order valence-corrected chi connectivity index (χ3v) is 5.58. The number of aliphatic hydroxyl groups excluding tert-OH is 1. The molecule has 164 valence electrons. The number of carbonyl (C=O) groups is 2. The van der Waals surface area contributed by atoms with E-state index in [0.29, 0.717) is 24.4 Å².